The van der Waals surface area contributed by atoms with Crippen LogP contribution < -0.4 is 9.47 Å². The number of hydrogen-bond acceptors (Lipinski definition) is 2. The lowest BCUT2D eigenvalue weighted by Crippen LogP contribution is -2.14. The number of benzene rings is 1. The zero-order valence-corrected chi connectivity index (χ0v) is 11.8. The van der Waals surface area contributed by atoms with E-state index in [1.807, 2.05) is 18.2 Å². The van der Waals surface area contributed by atoms with Gasteiger partial charge in [-0.25, -0.2) is 0 Å². The third-order valence-corrected chi connectivity index (χ3v) is 2.73. The van der Waals surface area contributed by atoms with E-state index in [4.69, 9.17) is 9.47 Å². The van der Waals surface area contributed by atoms with Crippen molar-refractivity contribution in [1.29, 1.82) is 0 Å². The first-order valence-electron chi connectivity index (χ1n) is 6.11. The Kier molecular flexibility index (Phi) is 5.26. The fourth-order valence-electron chi connectivity index (χ4n) is 1.63. The third kappa shape index (κ3) is 3.93. The maximum Gasteiger partial charge on any atom is 0.161 e. The zero-order chi connectivity index (χ0) is 14.3. The van der Waals surface area contributed by atoms with E-state index < -0.39 is 0 Å². The molecule has 100 valence electrons. The van der Waals surface area contributed by atoms with Crippen LogP contribution in [-0.4, -0.2) is 13.7 Å². The van der Waals surface area contributed by atoms with Gasteiger partial charge in [0.1, 0.15) is 6.61 Å². The van der Waals surface area contributed by atoms with E-state index in [9.17, 15) is 0 Å². The molecule has 1 rings (SSSR count). The molecular weight excluding hydrogens is 236 g/mol. The Morgan fingerprint density at radius 3 is 2.58 bits per heavy atom. The Morgan fingerprint density at radius 2 is 2.00 bits per heavy atom. The molecule has 2 heteroatoms. The molecule has 0 aliphatic rings. The van der Waals surface area contributed by atoms with Crippen LogP contribution in [0.4, 0.5) is 0 Å². The normalized spacial score (nSPS) is 10.1. The van der Waals surface area contributed by atoms with Crippen LogP contribution in [0.15, 0.2) is 43.5 Å². The minimum Gasteiger partial charge on any atom is -0.493 e. The van der Waals surface area contributed by atoms with Gasteiger partial charge in [-0.2, -0.15) is 0 Å². The predicted molar refractivity (Wildman–Crippen MR) is 79.7 cm³/mol. The molecule has 1 aromatic rings. The van der Waals surface area contributed by atoms with Gasteiger partial charge in [0.05, 0.1) is 12.5 Å². The van der Waals surface area contributed by atoms with Crippen molar-refractivity contribution in [3.8, 4) is 23.3 Å². The van der Waals surface area contributed by atoms with Crippen LogP contribution >= 0.6 is 0 Å². The van der Waals surface area contributed by atoms with Gasteiger partial charge in [-0.1, -0.05) is 37.1 Å². The van der Waals surface area contributed by atoms with Crippen LogP contribution in [0, 0.1) is 11.8 Å². The second-order valence-electron chi connectivity index (χ2n) is 4.56. The second-order valence-corrected chi connectivity index (χ2v) is 4.56. The van der Waals surface area contributed by atoms with Crippen LogP contribution in [0.25, 0.3) is 0 Å². The average Bonchev–Trinajstić information content (AvgIpc) is 2.42. The molecule has 0 atom stereocenters. The van der Waals surface area contributed by atoms with Crippen LogP contribution in [0.1, 0.15) is 19.4 Å². The molecule has 0 heterocycles. The quantitative estimate of drug-likeness (QED) is 0.590. The van der Waals surface area contributed by atoms with Crippen LogP contribution in [0.5, 0.6) is 11.5 Å². The highest BCUT2D eigenvalue weighted by molar-refractivity contribution is 5.47. The Labute approximate surface area is 115 Å². The van der Waals surface area contributed by atoms with Crippen molar-refractivity contribution in [3.05, 3.63) is 49.1 Å². The van der Waals surface area contributed by atoms with E-state index in [2.05, 4.69) is 38.8 Å². The van der Waals surface area contributed by atoms with Crippen molar-refractivity contribution >= 4 is 0 Å². The molecule has 2 nitrogen and oxygen atoms in total. The molecule has 0 saturated heterocycles. The number of allylic oxidation sites excluding steroid dienone is 1. The minimum atomic E-state index is -0.265. The Balaban J connectivity index is 3.11. The molecule has 0 aliphatic carbocycles. The zero-order valence-electron chi connectivity index (χ0n) is 11.8. The standard InChI is InChI=1S/C17H20O2/c1-6-8-11-17(3,4)14-9-10-15(19-12-7-2)16(13-14)18-5/h6-7,9-10,13H,1-2,12H2,3-5H3. The van der Waals surface area contributed by atoms with Crippen molar-refractivity contribution in [3.63, 3.8) is 0 Å². The highest BCUT2D eigenvalue weighted by Crippen LogP contribution is 2.33. The van der Waals surface area contributed by atoms with Crippen LogP contribution in [0.3, 0.4) is 0 Å². The highest BCUT2D eigenvalue weighted by Gasteiger charge is 2.19. The molecule has 0 spiro atoms. The average molecular weight is 256 g/mol. The molecule has 19 heavy (non-hydrogen) atoms. The Bertz CT molecular complexity index is 516. The molecular formula is C17H20O2. The lowest BCUT2D eigenvalue weighted by Gasteiger charge is -2.20. The molecule has 1 aromatic carbocycles. The Morgan fingerprint density at radius 1 is 1.26 bits per heavy atom. The van der Waals surface area contributed by atoms with E-state index in [1.54, 1.807) is 19.3 Å². The Hall–Kier alpha value is -2.14. The lowest BCUT2D eigenvalue weighted by atomic mass is 9.85. The first-order valence-corrected chi connectivity index (χ1v) is 6.11. The van der Waals surface area contributed by atoms with Gasteiger partial charge < -0.3 is 9.47 Å². The maximum absolute atomic E-state index is 5.53. The molecule has 0 unspecified atom stereocenters. The monoisotopic (exact) mass is 256 g/mol. The van der Waals surface area contributed by atoms with Gasteiger partial charge >= 0.3 is 0 Å². The summed E-state index contributed by atoms with van der Waals surface area (Å²) in [7, 11) is 1.63. The second kappa shape index (κ2) is 6.70. The summed E-state index contributed by atoms with van der Waals surface area (Å²) >= 11 is 0. The van der Waals surface area contributed by atoms with E-state index >= 15 is 0 Å². The van der Waals surface area contributed by atoms with E-state index in [0.29, 0.717) is 18.1 Å². The van der Waals surface area contributed by atoms with Gasteiger partial charge in [0.2, 0.25) is 0 Å². The summed E-state index contributed by atoms with van der Waals surface area (Å²) in [5.41, 5.74) is 0.808. The van der Waals surface area contributed by atoms with Gasteiger partial charge in [0.25, 0.3) is 0 Å². The van der Waals surface area contributed by atoms with E-state index in [-0.39, 0.29) is 5.41 Å². The number of hydrogen-bond donors (Lipinski definition) is 0. The number of ether oxygens (including phenoxy) is 2. The third-order valence-electron chi connectivity index (χ3n) is 2.73. The largest absolute Gasteiger partial charge is 0.493 e. The summed E-state index contributed by atoms with van der Waals surface area (Å²) in [5, 5.41) is 0. The lowest BCUT2D eigenvalue weighted by molar-refractivity contribution is 0.326. The molecule has 0 saturated carbocycles. The van der Waals surface area contributed by atoms with Crippen molar-refractivity contribution in [2.45, 2.75) is 19.3 Å². The predicted octanol–water partition coefficient (Wildman–Crippen LogP) is 3.73. The minimum absolute atomic E-state index is 0.265. The van der Waals surface area contributed by atoms with Gasteiger partial charge in [0, 0.05) is 0 Å². The molecule has 0 bridgehead atoms. The van der Waals surface area contributed by atoms with Gasteiger partial charge in [0.15, 0.2) is 11.5 Å². The van der Waals surface area contributed by atoms with Crippen molar-refractivity contribution in [1.82, 2.24) is 0 Å². The first kappa shape index (κ1) is 14.9. The topological polar surface area (TPSA) is 18.5 Å². The summed E-state index contributed by atoms with van der Waals surface area (Å²) in [4.78, 5) is 0. The van der Waals surface area contributed by atoms with E-state index in [0.717, 1.165) is 5.56 Å². The fourth-order valence-corrected chi connectivity index (χ4v) is 1.63. The summed E-state index contributed by atoms with van der Waals surface area (Å²) in [6.07, 6.45) is 3.30. The number of methoxy groups -OCH3 is 1. The summed E-state index contributed by atoms with van der Waals surface area (Å²) < 4.78 is 10.9. The van der Waals surface area contributed by atoms with Crippen molar-refractivity contribution in [2.75, 3.05) is 13.7 Å². The van der Waals surface area contributed by atoms with Gasteiger partial charge in [-0.05, 0) is 37.6 Å². The molecule has 0 amide bonds. The van der Waals surface area contributed by atoms with Crippen molar-refractivity contribution < 1.29 is 9.47 Å². The molecule has 0 aliphatic heterocycles. The molecule has 0 N–H and O–H groups in total. The molecule has 0 fully saturated rings. The molecule has 0 aromatic heterocycles. The SMILES string of the molecule is C=CC#CC(C)(C)c1ccc(OCC=C)c(OC)c1. The maximum atomic E-state index is 5.53. The summed E-state index contributed by atoms with van der Waals surface area (Å²) in [6, 6.07) is 5.85. The smallest absolute Gasteiger partial charge is 0.161 e. The highest BCUT2D eigenvalue weighted by atomic mass is 16.5. The van der Waals surface area contributed by atoms with Crippen LogP contribution in [0.2, 0.25) is 0 Å². The molecule has 0 radical (unpaired) electrons. The van der Waals surface area contributed by atoms with Crippen molar-refractivity contribution in [2.24, 2.45) is 0 Å². The number of rotatable bonds is 5. The van der Waals surface area contributed by atoms with Gasteiger partial charge in [-0.15, -0.1) is 0 Å². The summed E-state index contributed by atoms with van der Waals surface area (Å²) in [6.45, 7) is 11.8. The first-order chi connectivity index (χ1) is 9.05. The van der Waals surface area contributed by atoms with Crippen LogP contribution in [-0.2, 0) is 5.41 Å². The van der Waals surface area contributed by atoms with E-state index in [1.165, 1.54) is 0 Å². The fraction of sp³-hybridized carbons (Fsp3) is 0.294. The summed E-state index contributed by atoms with van der Waals surface area (Å²) in [5.74, 6) is 7.47. The van der Waals surface area contributed by atoms with Gasteiger partial charge in [-0.3, -0.25) is 0 Å².